The van der Waals surface area contributed by atoms with Crippen LogP contribution in [0.15, 0.2) is 29.2 Å². The summed E-state index contributed by atoms with van der Waals surface area (Å²) in [6.45, 7) is -0.180. The summed E-state index contributed by atoms with van der Waals surface area (Å²) < 4.78 is 68.0. The summed E-state index contributed by atoms with van der Waals surface area (Å²) in [6, 6.07) is 4.20. The minimum absolute atomic E-state index is 0.00970. The lowest BCUT2D eigenvalue weighted by molar-refractivity contribution is -0.147. The highest BCUT2D eigenvalue weighted by atomic mass is 32.2. The van der Waals surface area contributed by atoms with Crippen LogP contribution < -0.4 is 0 Å². The number of hydrogen-bond donors (Lipinski definition) is 1. The van der Waals surface area contributed by atoms with Crippen molar-refractivity contribution >= 4 is 16.0 Å². The van der Waals surface area contributed by atoms with Crippen molar-refractivity contribution < 1.29 is 36.2 Å². The molecule has 1 saturated heterocycles. The quantitative estimate of drug-likeness (QED) is 0.856. The van der Waals surface area contributed by atoms with Gasteiger partial charge < -0.3 is 9.84 Å². The molecule has 1 atom stereocenters. The normalized spacial score (nSPS) is 22.0. The number of likely N-dealkylation sites (N-methyl/N-ethyl adjacent to an activating group) is 1. The van der Waals surface area contributed by atoms with E-state index in [4.69, 9.17) is 4.74 Å². The van der Waals surface area contributed by atoms with Crippen molar-refractivity contribution in [2.24, 2.45) is 0 Å². The summed E-state index contributed by atoms with van der Waals surface area (Å²) >= 11 is 0. The largest absolute Gasteiger partial charge is 0.480 e. The van der Waals surface area contributed by atoms with E-state index in [1.165, 1.54) is 0 Å². The summed E-state index contributed by atoms with van der Waals surface area (Å²) in [5.41, 5.74) is -1.80. The molecule has 1 N–H and O–H groups in total. The highest BCUT2D eigenvalue weighted by Crippen LogP contribution is 2.31. The Balaban J connectivity index is 2.31. The first kappa shape index (κ1) is 18.7. The summed E-state index contributed by atoms with van der Waals surface area (Å²) in [5, 5.41) is 9.41. The molecule has 134 valence electrons. The van der Waals surface area contributed by atoms with E-state index < -0.39 is 34.1 Å². The number of halogens is 3. The lowest BCUT2D eigenvalue weighted by Gasteiger charge is -2.32. The Morgan fingerprint density at radius 1 is 1.33 bits per heavy atom. The van der Waals surface area contributed by atoms with E-state index >= 15 is 0 Å². The molecule has 1 aromatic carbocycles. The highest BCUT2D eigenvalue weighted by molar-refractivity contribution is 7.89. The molecule has 2 rings (SSSR count). The zero-order valence-electron chi connectivity index (χ0n) is 12.7. The lowest BCUT2D eigenvalue weighted by atomic mass is 10.00. The number of carboxylic acids is 1. The third kappa shape index (κ3) is 3.55. The van der Waals surface area contributed by atoms with Crippen molar-refractivity contribution in [3.8, 4) is 0 Å². The fourth-order valence-corrected chi connectivity index (χ4v) is 3.98. The predicted octanol–water partition coefficient (Wildman–Crippen LogP) is 1.66. The second-order valence-corrected chi connectivity index (χ2v) is 7.52. The van der Waals surface area contributed by atoms with Crippen molar-refractivity contribution in [1.82, 2.24) is 4.31 Å². The second kappa shape index (κ2) is 6.34. The molecule has 0 amide bonds. The maximum absolute atomic E-state index is 12.6. The average molecular weight is 367 g/mol. The Hall–Kier alpha value is -1.65. The fourth-order valence-electron chi connectivity index (χ4n) is 2.50. The molecule has 1 heterocycles. The summed E-state index contributed by atoms with van der Waals surface area (Å²) in [4.78, 5) is 11.3. The van der Waals surface area contributed by atoms with Gasteiger partial charge in [-0.2, -0.15) is 17.5 Å². The molecule has 1 aliphatic heterocycles. The molecule has 0 aliphatic carbocycles. The van der Waals surface area contributed by atoms with Gasteiger partial charge in [-0.05, 0) is 17.7 Å². The maximum atomic E-state index is 12.6. The second-order valence-electron chi connectivity index (χ2n) is 5.55. The number of hydrogen-bond acceptors (Lipinski definition) is 4. The molecule has 0 spiro atoms. The number of ether oxygens (including phenoxy) is 1. The Labute approximate surface area is 136 Å². The summed E-state index contributed by atoms with van der Waals surface area (Å²) in [6.07, 6.45) is -5.58. The predicted molar refractivity (Wildman–Crippen MR) is 77.0 cm³/mol. The Kier molecular flexibility index (Phi) is 4.93. The van der Waals surface area contributed by atoms with Crippen LogP contribution in [0.2, 0.25) is 0 Å². The van der Waals surface area contributed by atoms with Gasteiger partial charge in [0, 0.05) is 20.1 Å². The zero-order chi connectivity index (χ0) is 18.2. The molecule has 1 aliphatic rings. The monoisotopic (exact) mass is 367 g/mol. The molecule has 0 radical (unpaired) electrons. The van der Waals surface area contributed by atoms with Gasteiger partial charge in [-0.15, -0.1) is 0 Å². The lowest BCUT2D eigenvalue weighted by Crippen LogP contribution is -2.55. The minimum atomic E-state index is -4.40. The summed E-state index contributed by atoms with van der Waals surface area (Å²) in [5.74, 6) is -1.33. The Morgan fingerprint density at radius 3 is 2.33 bits per heavy atom. The molecule has 0 bridgehead atoms. The van der Waals surface area contributed by atoms with Crippen molar-refractivity contribution in [1.29, 1.82) is 0 Å². The van der Waals surface area contributed by atoms with Gasteiger partial charge in [-0.3, -0.25) is 4.79 Å². The van der Waals surface area contributed by atoms with Crippen LogP contribution >= 0.6 is 0 Å². The van der Waals surface area contributed by atoms with E-state index in [2.05, 4.69) is 0 Å². The van der Waals surface area contributed by atoms with E-state index in [1.54, 1.807) is 0 Å². The number of sulfonamides is 1. The van der Waals surface area contributed by atoms with Crippen molar-refractivity contribution in [3.63, 3.8) is 0 Å². The maximum Gasteiger partial charge on any atom is 0.393 e. The molecular formula is C14H16F3NO5S. The SMILES string of the molecule is CN([C@]1(C(=O)O)CCOC1)S(=O)(=O)c1ccc(CC(F)(F)F)cc1. The first-order valence-corrected chi connectivity index (χ1v) is 8.39. The van der Waals surface area contributed by atoms with Crippen molar-refractivity contribution in [3.05, 3.63) is 29.8 Å². The van der Waals surface area contributed by atoms with E-state index in [1.807, 2.05) is 0 Å². The fraction of sp³-hybridized carbons (Fsp3) is 0.500. The van der Waals surface area contributed by atoms with Crippen LogP contribution in [-0.4, -0.2) is 55.8 Å². The molecular weight excluding hydrogens is 351 g/mol. The Bertz CT molecular complexity index is 709. The molecule has 0 aromatic heterocycles. The van der Waals surface area contributed by atoms with E-state index in [0.29, 0.717) is 4.31 Å². The van der Waals surface area contributed by atoms with Crippen LogP contribution in [0.5, 0.6) is 0 Å². The van der Waals surface area contributed by atoms with Gasteiger partial charge in [0.25, 0.3) is 0 Å². The van der Waals surface area contributed by atoms with Crippen LogP contribution in [0.25, 0.3) is 0 Å². The van der Waals surface area contributed by atoms with Crippen LogP contribution in [0.4, 0.5) is 13.2 Å². The van der Waals surface area contributed by atoms with Gasteiger partial charge in [-0.1, -0.05) is 12.1 Å². The van der Waals surface area contributed by atoms with Gasteiger partial charge >= 0.3 is 12.1 Å². The van der Waals surface area contributed by atoms with E-state index in [0.717, 1.165) is 31.3 Å². The number of rotatable bonds is 5. The van der Waals surface area contributed by atoms with Crippen molar-refractivity contribution in [2.45, 2.75) is 29.5 Å². The molecule has 10 heteroatoms. The highest BCUT2D eigenvalue weighted by Gasteiger charge is 2.51. The topological polar surface area (TPSA) is 83.9 Å². The first-order valence-electron chi connectivity index (χ1n) is 6.95. The smallest absolute Gasteiger partial charge is 0.393 e. The van der Waals surface area contributed by atoms with E-state index in [9.17, 15) is 31.5 Å². The number of nitrogens with zero attached hydrogens (tertiary/aromatic N) is 1. The molecule has 0 unspecified atom stereocenters. The zero-order valence-corrected chi connectivity index (χ0v) is 13.5. The van der Waals surface area contributed by atoms with Gasteiger partial charge in [0.1, 0.15) is 0 Å². The van der Waals surface area contributed by atoms with Gasteiger partial charge in [0.2, 0.25) is 10.0 Å². The number of benzene rings is 1. The van der Waals surface area contributed by atoms with Gasteiger partial charge in [0.05, 0.1) is 17.9 Å². The number of alkyl halides is 3. The number of aliphatic carboxylic acids is 1. The molecule has 24 heavy (non-hydrogen) atoms. The van der Waals surface area contributed by atoms with E-state index in [-0.39, 0.29) is 30.1 Å². The van der Waals surface area contributed by atoms with Crippen LogP contribution in [0.1, 0.15) is 12.0 Å². The average Bonchev–Trinajstić information content (AvgIpc) is 2.96. The number of carboxylic acid groups (broad SMARTS) is 1. The standard InChI is InChI=1S/C14H16F3NO5S/c1-18(13(12(19)20)6-7-23-9-13)24(21,22)11-4-2-10(3-5-11)8-14(15,16)17/h2-5H,6-9H2,1H3,(H,19,20)/t13-/m1/s1. The summed E-state index contributed by atoms with van der Waals surface area (Å²) in [7, 11) is -3.07. The molecule has 0 saturated carbocycles. The number of carbonyl (C=O) groups is 1. The molecule has 1 fully saturated rings. The van der Waals surface area contributed by atoms with Crippen LogP contribution in [-0.2, 0) is 26.0 Å². The molecule has 1 aromatic rings. The van der Waals surface area contributed by atoms with Crippen molar-refractivity contribution in [2.75, 3.05) is 20.3 Å². The first-order chi connectivity index (χ1) is 11.0. The van der Waals surface area contributed by atoms with Gasteiger partial charge in [0.15, 0.2) is 5.54 Å². The van der Waals surface area contributed by atoms with Crippen LogP contribution in [0, 0.1) is 0 Å². The third-order valence-electron chi connectivity index (χ3n) is 3.99. The van der Waals surface area contributed by atoms with Crippen LogP contribution in [0.3, 0.4) is 0 Å². The molecule has 6 nitrogen and oxygen atoms in total. The minimum Gasteiger partial charge on any atom is -0.480 e. The van der Waals surface area contributed by atoms with Gasteiger partial charge in [-0.25, -0.2) is 8.42 Å². The Morgan fingerprint density at radius 2 is 1.92 bits per heavy atom. The third-order valence-corrected chi connectivity index (χ3v) is 5.93.